The maximum atomic E-state index is 12.2. The van der Waals surface area contributed by atoms with E-state index in [0.29, 0.717) is 30.3 Å². The van der Waals surface area contributed by atoms with E-state index in [1.165, 1.54) is 0 Å². The summed E-state index contributed by atoms with van der Waals surface area (Å²) in [4.78, 5) is 16.5. The Morgan fingerprint density at radius 1 is 1.08 bits per heavy atom. The average molecular weight is 350 g/mol. The number of hydrogen-bond donors (Lipinski definition) is 0. The number of carbonyl (C=O) groups is 1. The summed E-state index contributed by atoms with van der Waals surface area (Å²) in [6, 6.07) is 13.9. The normalized spacial score (nSPS) is 10.7. The lowest BCUT2D eigenvalue weighted by atomic mass is 10.1. The fraction of sp³-hybridized carbons (Fsp3) is 0.286. The lowest BCUT2D eigenvalue weighted by Crippen LogP contribution is -2.11. The summed E-state index contributed by atoms with van der Waals surface area (Å²) in [5.74, 6) is 1.40. The molecule has 0 spiro atoms. The van der Waals surface area contributed by atoms with Crippen LogP contribution in [0.5, 0.6) is 5.75 Å². The van der Waals surface area contributed by atoms with Crippen LogP contribution in [-0.2, 0) is 17.6 Å². The van der Waals surface area contributed by atoms with E-state index >= 15 is 0 Å². The first kappa shape index (κ1) is 17.9. The minimum absolute atomic E-state index is 0.194. The number of benzene rings is 2. The SMILES string of the molecule is Cc1cc(C)c(OC(=O)CCc2nc(Cc3ccccc3)no2)c(C)c1. The molecule has 0 unspecified atom stereocenters. The highest BCUT2D eigenvalue weighted by Crippen LogP contribution is 2.25. The van der Waals surface area contributed by atoms with E-state index < -0.39 is 0 Å². The molecule has 0 aliphatic carbocycles. The number of aromatic nitrogens is 2. The van der Waals surface area contributed by atoms with E-state index in [9.17, 15) is 4.79 Å². The fourth-order valence-corrected chi connectivity index (χ4v) is 2.94. The first-order chi connectivity index (χ1) is 12.5. The third-order valence-electron chi connectivity index (χ3n) is 4.08. The van der Waals surface area contributed by atoms with Crippen molar-refractivity contribution >= 4 is 5.97 Å². The second-order valence-electron chi connectivity index (χ2n) is 6.47. The van der Waals surface area contributed by atoms with Crippen LogP contribution in [0.25, 0.3) is 0 Å². The van der Waals surface area contributed by atoms with Crippen LogP contribution in [0, 0.1) is 20.8 Å². The molecule has 5 nitrogen and oxygen atoms in total. The van der Waals surface area contributed by atoms with E-state index in [2.05, 4.69) is 10.1 Å². The Bertz CT molecular complexity index is 878. The molecule has 5 heteroatoms. The Morgan fingerprint density at radius 2 is 1.77 bits per heavy atom. The fourth-order valence-electron chi connectivity index (χ4n) is 2.94. The molecule has 0 atom stereocenters. The van der Waals surface area contributed by atoms with Crippen molar-refractivity contribution < 1.29 is 14.1 Å². The minimum Gasteiger partial charge on any atom is -0.426 e. The molecule has 0 saturated carbocycles. The molecule has 1 aromatic heterocycles. The topological polar surface area (TPSA) is 65.2 Å². The zero-order chi connectivity index (χ0) is 18.5. The third-order valence-corrected chi connectivity index (χ3v) is 4.08. The van der Waals surface area contributed by atoms with E-state index in [0.717, 1.165) is 22.3 Å². The smallest absolute Gasteiger partial charge is 0.311 e. The highest BCUT2D eigenvalue weighted by atomic mass is 16.5. The van der Waals surface area contributed by atoms with Crippen LogP contribution in [0.15, 0.2) is 47.0 Å². The van der Waals surface area contributed by atoms with Crippen LogP contribution < -0.4 is 4.74 Å². The molecule has 0 aliphatic heterocycles. The van der Waals surface area contributed by atoms with E-state index in [-0.39, 0.29) is 12.4 Å². The quantitative estimate of drug-likeness (QED) is 0.494. The molecular weight excluding hydrogens is 328 g/mol. The first-order valence-corrected chi connectivity index (χ1v) is 8.65. The van der Waals surface area contributed by atoms with Gasteiger partial charge in [0, 0.05) is 12.8 Å². The van der Waals surface area contributed by atoms with Gasteiger partial charge in [0.05, 0.1) is 6.42 Å². The van der Waals surface area contributed by atoms with Gasteiger partial charge >= 0.3 is 5.97 Å². The predicted molar refractivity (Wildman–Crippen MR) is 98.2 cm³/mol. The molecule has 0 N–H and O–H groups in total. The molecular formula is C21H22N2O3. The maximum absolute atomic E-state index is 12.2. The Kier molecular flexibility index (Phi) is 5.46. The van der Waals surface area contributed by atoms with Crippen molar-refractivity contribution in [3.05, 3.63) is 76.4 Å². The van der Waals surface area contributed by atoms with Crippen molar-refractivity contribution in [2.75, 3.05) is 0 Å². The van der Waals surface area contributed by atoms with Gasteiger partial charge in [-0.3, -0.25) is 4.79 Å². The average Bonchev–Trinajstić information content (AvgIpc) is 3.04. The van der Waals surface area contributed by atoms with Gasteiger partial charge in [-0.05, 0) is 37.5 Å². The van der Waals surface area contributed by atoms with Crippen molar-refractivity contribution in [3.63, 3.8) is 0 Å². The second-order valence-corrected chi connectivity index (χ2v) is 6.47. The molecule has 2 aromatic carbocycles. The lowest BCUT2D eigenvalue weighted by molar-refractivity contribution is -0.134. The maximum Gasteiger partial charge on any atom is 0.311 e. The largest absolute Gasteiger partial charge is 0.426 e. The molecule has 26 heavy (non-hydrogen) atoms. The molecule has 0 bridgehead atoms. The number of carbonyl (C=O) groups excluding carboxylic acids is 1. The van der Waals surface area contributed by atoms with E-state index in [4.69, 9.17) is 9.26 Å². The number of hydrogen-bond acceptors (Lipinski definition) is 5. The Balaban J connectivity index is 1.55. The van der Waals surface area contributed by atoms with Gasteiger partial charge in [-0.1, -0.05) is 53.2 Å². The molecule has 0 aliphatic rings. The summed E-state index contributed by atoms with van der Waals surface area (Å²) < 4.78 is 10.8. The van der Waals surface area contributed by atoms with Gasteiger partial charge in [0.2, 0.25) is 5.89 Å². The molecule has 1 heterocycles. The number of esters is 1. The van der Waals surface area contributed by atoms with Gasteiger partial charge in [0.1, 0.15) is 5.75 Å². The number of aryl methyl sites for hydroxylation is 4. The van der Waals surface area contributed by atoms with Gasteiger partial charge in [-0.15, -0.1) is 0 Å². The van der Waals surface area contributed by atoms with Crippen molar-refractivity contribution in [2.45, 2.75) is 40.0 Å². The predicted octanol–water partition coefficient (Wildman–Crippen LogP) is 4.12. The minimum atomic E-state index is -0.303. The Morgan fingerprint density at radius 3 is 2.46 bits per heavy atom. The van der Waals surface area contributed by atoms with Crippen LogP contribution >= 0.6 is 0 Å². The van der Waals surface area contributed by atoms with Crippen molar-refractivity contribution in [2.24, 2.45) is 0 Å². The highest BCUT2D eigenvalue weighted by molar-refractivity contribution is 5.73. The highest BCUT2D eigenvalue weighted by Gasteiger charge is 2.13. The number of nitrogens with zero attached hydrogens (tertiary/aromatic N) is 2. The van der Waals surface area contributed by atoms with Crippen LogP contribution in [-0.4, -0.2) is 16.1 Å². The Labute approximate surface area is 153 Å². The molecule has 0 fully saturated rings. The van der Waals surface area contributed by atoms with Crippen molar-refractivity contribution in [1.29, 1.82) is 0 Å². The van der Waals surface area contributed by atoms with Gasteiger partial charge < -0.3 is 9.26 Å². The van der Waals surface area contributed by atoms with E-state index in [1.54, 1.807) is 0 Å². The second kappa shape index (κ2) is 7.95. The molecule has 0 amide bonds. The molecule has 134 valence electrons. The third kappa shape index (κ3) is 4.57. The van der Waals surface area contributed by atoms with Crippen molar-refractivity contribution in [1.82, 2.24) is 10.1 Å². The lowest BCUT2D eigenvalue weighted by Gasteiger charge is -2.11. The summed E-state index contributed by atoms with van der Waals surface area (Å²) >= 11 is 0. The van der Waals surface area contributed by atoms with Gasteiger partial charge in [0.25, 0.3) is 0 Å². The van der Waals surface area contributed by atoms with E-state index in [1.807, 2.05) is 63.2 Å². The van der Waals surface area contributed by atoms with Crippen LogP contribution in [0.4, 0.5) is 0 Å². The van der Waals surface area contributed by atoms with Gasteiger partial charge in [-0.25, -0.2) is 0 Å². The van der Waals surface area contributed by atoms with Crippen LogP contribution in [0.3, 0.4) is 0 Å². The Hall–Kier alpha value is -2.95. The summed E-state index contributed by atoms with van der Waals surface area (Å²) in [6.07, 6.45) is 1.17. The van der Waals surface area contributed by atoms with Crippen LogP contribution in [0.1, 0.15) is 40.4 Å². The van der Waals surface area contributed by atoms with Gasteiger partial charge in [0.15, 0.2) is 5.82 Å². The summed E-state index contributed by atoms with van der Waals surface area (Å²) in [5.41, 5.74) is 4.18. The molecule has 3 rings (SSSR count). The molecule has 0 saturated heterocycles. The summed E-state index contributed by atoms with van der Waals surface area (Å²) in [5, 5.41) is 3.97. The molecule has 0 radical (unpaired) electrons. The number of ether oxygens (including phenoxy) is 1. The van der Waals surface area contributed by atoms with Crippen LogP contribution in [0.2, 0.25) is 0 Å². The summed E-state index contributed by atoms with van der Waals surface area (Å²) in [6.45, 7) is 5.90. The monoisotopic (exact) mass is 350 g/mol. The standard InChI is InChI=1S/C21H22N2O3/c1-14-11-15(2)21(16(3)12-14)25-20(24)10-9-19-22-18(23-26-19)13-17-7-5-4-6-8-17/h4-8,11-12H,9-10,13H2,1-3H3. The number of rotatable bonds is 6. The summed E-state index contributed by atoms with van der Waals surface area (Å²) in [7, 11) is 0. The first-order valence-electron chi connectivity index (χ1n) is 8.65. The zero-order valence-corrected chi connectivity index (χ0v) is 15.3. The van der Waals surface area contributed by atoms with Crippen molar-refractivity contribution in [3.8, 4) is 5.75 Å². The van der Waals surface area contributed by atoms with Gasteiger partial charge in [-0.2, -0.15) is 4.98 Å². The molecule has 3 aromatic rings. The zero-order valence-electron chi connectivity index (χ0n) is 15.3.